The van der Waals surface area contributed by atoms with E-state index in [0.717, 1.165) is 63.1 Å². The van der Waals surface area contributed by atoms with Crippen LogP contribution in [0.2, 0.25) is 0 Å². The van der Waals surface area contributed by atoms with Crippen molar-refractivity contribution in [3.63, 3.8) is 0 Å². The van der Waals surface area contributed by atoms with Gasteiger partial charge < -0.3 is 19.5 Å². The number of aromatic nitrogens is 1. The van der Waals surface area contributed by atoms with Crippen molar-refractivity contribution in [2.24, 2.45) is 0 Å². The highest BCUT2D eigenvalue weighted by Crippen LogP contribution is 2.25. The number of aryl methyl sites for hydroxylation is 1. The van der Waals surface area contributed by atoms with E-state index < -0.39 is 5.76 Å². The van der Waals surface area contributed by atoms with Crippen molar-refractivity contribution >= 4 is 28.6 Å². The number of nitrogens with one attached hydrogen (secondary N) is 2. The second-order valence-corrected chi connectivity index (χ2v) is 9.31. The van der Waals surface area contributed by atoms with Crippen LogP contribution in [-0.4, -0.2) is 58.8 Å². The van der Waals surface area contributed by atoms with E-state index in [1.807, 2.05) is 36.1 Å². The van der Waals surface area contributed by atoms with Crippen molar-refractivity contribution in [3.8, 4) is 0 Å². The average Bonchev–Trinajstić information content (AvgIpc) is 3.13. The van der Waals surface area contributed by atoms with Crippen molar-refractivity contribution in [1.82, 2.24) is 14.8 Å². The number of rotatable bonds is 6. The van der Waals surface area contributed by atoms with E-state index >= 15 is 0 Å². The highest BCUT2D eigenvalue weighted by atomic mass is 16.4. The zero-order valence-corrected chi connectivity index (χ0v) is 19.4. The van der Waals surface area contributed by atoms with E-state index in [-0.39, 0.29) is 17.9 Å². The number of aromatic amines is 1. The van der Waals surface area contributed by atoms with Crippen LogP contribution >= 0.6 is 0 Å². The molecular weight excluding hydrogens is 432 g/mol. The smallest absolute Gasteiger partial charge is 0.408 e. The van der Waals surface area contributed by atoms with E-state index in [9.17, 15) is 14.4 Å². The van der Waals surface area contributed by atoms with Crippen LogP contribution in [0.5, 0.6) is 0 Å². The molecule has 1 fully saturated rings. The summed E-state index contributed by atoms with van der Waals surface area (Å²) < 4.78 is 5.13. The number of Topliss-reactive ketones (excluding diaryl/α,β-unsaturated/α-hetero) is 1. The Labute approximate surface area is 197 Å². The molecule has 0 aliphatic carbocycles. The Morgan fingerprint density at radius 3 is 2.74 bits per heavy atom. The molecule has 8 heteroatoms. The third-order valence-corrected chi connectivity index (χ3v) is 7.07. The van der Waals surface area contributed by atoms with Gasteiger partial charge in [-0.15, -0.1) is 0 Å². The number of fused-ring (bicyclic) bond motifs is 2. The van der Waals surface area contributed by atoms with Gasteiger partial charge in [-0.05, 0) is 68.5 Å². The van der Waals surface area contributed by atoms with Gasteiger partial charge in [0.15, 0.2) is 11.4 Å². The number of urea groups is 1. The number of carbonyl (C=O) groups excluding carboxylic acids is 2. The molecule has 3 heterocycles. The number of ketones is 1. The van der Waals surface area contributed by atoms with Crippen LogP contribution in [0.3, 0.4) is 0 Å². The normalized spacial score (nSPS) is 17.4. The maximum atomic E-state index is 12.8. The molecule has 1 aromatic heterocycles. The summed E-state index contributed by atoms with van der Waals surface area (Å²) in [7, 11) is 0. The summed E-state index contributed by atoms with van der Waals surface area (Å²) in [5.74, 6) is -0.446. The summed E-state index contributed by atoms with van der Waals surface area (Å²) in [6.45, 7) is 5.31. The molecule has 2 N–H and O–H groups in total. The molecule has 0 atom stereocenters. The average molecular weight is 463 g/mol. The topological polar surface area (TPSA) is 98.7 Å². The molecule has 0 radical (unpaired) electrons. The zero-order chi connectivity index (χ0) is 23.7. The number of piperidine rings is 1. The van der Waals surface area contributed by atoms with E-state index in [1.54, 1.807) is 6.07 Å². The molecular formula is C26H30N4O4. The number of nitrogens with zero attached hydrogens (tertiary/aromatic N) is 2. The van der Waals surface area contributed by atoms with Crippen LogP contribution in [0.15, 0.2) is 45.6 Å². The number of benzene rings is 2. The van der Waals surface area contributed by atoms with E-state index in [4.69, 9.17) is 4.42 Å². The largest absolute Gasteiger partial charge is 0.417 e. The minimum Gasteiger partial charge on any atom is -0.408 e. The monoisotopic (exact) mass is 462 g/mol. The molecule has 3 aromatic rings. The lowest BCUT2D eigenvalue weighted by Crippen LogP contribution is -2.49. The standard InChI is InChI=1S/C26H30N4O4/c1-17-15-19(16-23-24(17)28-26(33)34-23)22(31)7-4-11-29-12-9-20(10-13-29)30-14-8-18-5-2-3-6-21(18)27-25(30)32/h2-3,5-6,15-16,20H,4,7-14H2,1H3,(H,27,32)(H,28,33). The third kappa shape index (κ3) is 4.63. The number of oxazole rings is 1. The summed E-state index contributed by atoms with van der Waals surface area (Å²) in [6, 6.07) is 11.7. The molecule has 2 aliphatic heterocycles. The molecule has 2 aliphatic rings. The van der Waals surface area contributed by atoms with Gasteiger partial charge in [0.1, 0.15) is 0 Å². The molecule has 178 valence electrons. The first-order chi connectivity index (χ1) is 16.5. The quantitative estimate of drug-likeness (QED) is 0.541. The minimum atomic E-state index is -0.506. The second-order valence-electron chi connectivity index (χ2n) is 9.31. The second kappa shape index (κ2) is 9.46. The maximum absolute atomic E-state index is 12.8. The van der Waals surface area contributed by atoms with Crippen molar-refractivity contribution in [3.05, 3.63) is 63.6 Å². The molecule has 0 bridgehead atoms. The Hall–Kier alpha value is -3.39. The first-order valence-corrected chi connectivity index (χ1v) is 12.0. The van der Waals surface area contributed by atoms with E-state index in [1.165, 1.54) is 5.56 Å². The fourth-order valence-corrected chi connectivity index (χ4v) is 5.18. The summed E-state index contributed by atoms with van der Waals surface area (Å²) >= 11 is 0. The van der Waals surface area contributed by atoms with Crippen LogP contribution in [-0.2, 0) is 6.42 Å². The van der Waals surface area contributed by atoms with Gasteiger partial charge in [0.25, 0.3) is 0 Å². The lowest BCUT2D eigenvalue weighted by Gasteiger charge is -2.38. The number of amides is 2. The molecule has 34 heavy (non-hydrogen) atoms. The number of likely N-dealkylation sites (tertiary alicyclic amines) is 1. The fourth-order valence-electron chi connectivity index (χ4n) is 5.18. The Morgan fingerprint density at radius 2 is 1.91 bits per heavy atom. The van der Waals surface area contributed by atoms with Gasteiger partial charge in [0.2, 0.25) is 0 Å². The predicted octanol–water partition coefficient (Wildman–Crippen LogP) is 3.95. The van der Waals surface area contributed by atoms with E-state index in [0.29, 0.717) is 23.1 Å². The van der Waals surface area contributed by atoms with Gasteiger partial charge in [0.05, 0.1) is 5.52 Å². The number of hydrogen-bond acceptors (Lipinski definition) is 5. The van der Waals surface area contributed by atoms with Crippen LogP contribution < -0.4 is 11.1 Å². The highest BCUT2D eigenvalue weighted by Gasteiger charge is 2.29. The van der Waals surface area contributed by atoms with Crippen LogP contribution in [0.25, 0.3) is 11.1 Å². The fraction of sp³-hybridized carbons (Fsp3) is 0.423. The lowest BCUT2D eigenvalue weighted by molar-refractivity contribution is 0.0962. The Kier molecular flexibility index (Phi) is 6.24. The number of para-hydroxylation sites is 1. The van der Waals surface area contributed by atoms with Crippen molar-refractivity contribution in [1.29, 1.82) is 0 Å². The Morgan fingerprint density at radius 1 is 1.12 bits per heavy atom. The molecule has 0 spiro atoms. The molecule has 2 amide bonds. The number of H-pyrrole nitrogens is 1. The molecule has 0 saturated carbocycles. The number of carbonyl (C=O) groups is 2. The van der Waals surface area contributed by atoms with Crippen LogP contribution in [0.1, 0.15) is 47.2 Å². The van der Waals surface area contributed by atoms with Crippen molar-refractivity contribution in [2.45, 2.75) is 45.1 Å². The van der Waals surface area contributed by atoms with E-state index in [2.05, 4.69) is 21.3 Å². The lowest BCUT2D eigenvalue weighted by atomic mass is 10.0. The van der Waals surface area contributed by atoms with Gasteiger partial charge in [-0.25, -0.2) is 9.59 Å². The molecule has 2 aromatic carbocycles. The minimum absolute atomic E-state index is 0.000448. The van der Waals surface area contributed by atoms with Gasteiger partial charge in [-0.1, -0.05) is 18.2 Å². The maximum Gasteiger partial charge on any atom is 0.417 e. The first kappa shape index (κ1) is 22.4. The molecule has 5 rings (SSSR count). The Balaban J connectivity index is 1.10. The highest BCUT2D eigenvalue weighted by molar-refractivity contribution is 5.99. The third-order valence-electron chi connectivity index (χ3n) is 7.07. The zero-order valence-electron chi connectivity index (χ0n) is 19.4. The molecule has 8 nitrogen and oxygen atoms in total. The molecule has 0 unspecified atom stereocenters. The van der Waals surface area contributed by atoms with Crippen molar-refractivity contribution < 1.29 is 14.0 Å². The summed E-state index contributed by atoms with van der Waals surface area (Å²) in [5.41, 5.74) is 4.59. The van der Waals surface area contributed by atoms with Gasteiger partial charge in [-0.2, -0.15) is 0 Å². The van der Waals surface area contributed by atoms with Crippen molar-refractivity contribution in [2.75, 3.05) is 31.5 Å². The summed E-state index contributed by atoms with van der Waals surface area (Å²) in [5, 5.41) is 3.07. The SMILES string of the molecule is Cc1cc(C(=O)CCCN2CCC(N3CCc4ccccc4NC3=O)CC2)cc2oc(=O)[nH]c12. The van der Waals surface area contributed by atoms with Crippen LogP contribution in [0, 0.1) is 6.92 Å². The number of anilines is 1. The first-order valence-electron chi connectivity index (χ1n) is 12.0. The van der Waals surface area contributed by atoms with Gasteiger partial charge in [-0.3, -0.25) is 9.78 Å². The summed E-state index contributed by atoms with van der Waals surface area (Å²) in [6.07, 6.45) is 3.98. The van der Waals surface area contributed by atoms with Gasteiger partial charge in [0, 0.05) is 43.3 Å². The Bertz CT molecular complexity index is 1270. The molecule has 1 saturated heterocycles. The van der Waals surface area contributed by atoms with Gasteiger partial charge >= 0.3 is 11.8 Å². The predicted molar refractivity (Wildman–Crippen MR) is 130 cm³/mol. The van der Waals surface area contributed by atoms with Crippen LogP contribution in [0.4, 0.5) is 10.5 Å². The number of hydrogen-bond donors (Lipinski definition) is 2. The summed E-state index contributed by atoms with van der Waals surface area (Å²) in [4.78, 5) is 44.0.